The van der Waals surface area contributed by atoms with Gasteiger partial charge in [-0.1, -0.05) is 0 Å². The number of hydrogen-bond donors (Lipinski definition) is 0. The van der Waals surface area contributed by atoms with Crippen LogP contribution in [0, 0.1) is 6.92 Å². The lowest BCUT2D eigenvalue weighted by Gasteiger charge is -2.24. The Bertz CT molecular complexity index is 274. The SMILES string of the molecule is Cc1nnc(Cl)n1C1CCCOC1. The Kier molecular flexibility index (Phi) is 2.51. The molecule has 1 saturated heterocycles. The average molecular weight is 202 g/mol. The van der Waals surface area contributed by atoms with Crippen LogP contribution in [0.25, 0.3) is 0 Å². The Hall–Kier alpha value is -0.610. The van der Waals surface area contributed by atoms with Crippen LogP contribution in [0.15, 0.2) is 0 Å². The van der Waals surface area contributed by atoms with Crippen LogP contribution in [-0.4, -0.2) is 28.0 Å². The van der Waals surface area contributed by atoms with E-state index in [9.17, 15) is 0 Å². The zero-order chi connectivity index (χ0) is 9.26. The summed E-state index contributed by atoms with van der Waals surface area (Å²) < 4.78 is 7.33. The summed E-state index contributed by atoms with van der Waals surface area (Å²) in [6.07, 6.45) is 2.18. The summed E-state index contributed by atoms with van der Waals surface area (Å²) in [4.78, 5) is 0. The number of halogens is 1. The highest BCUT2D eigenvalue weighted by atomic mass is 35.5. The monoisotopic (exact) mass is 201 g/mol. The number of hydrogen-bond acceptors (Lipinski definition) is 3. The first kappa shape index (κ1) is 8.97. The van der Waals surface area contributed by atoms with Crippen molar-refractivity contribution in [2.24, 2.45) is 0 Å². The second-order valence-corrected chi connectivity index (χ2v) is 3.60. The molecule has 1 aliphatic heterocycles. The van der Waals surface area contributed by atoms with E-state index in [0.717, 1.165) is 31.9 Å². The third-order valence-electron chi connectivity index (χ3n) is 2.33. The molecule has 0 spiro atoms. The van der Waals surface area contributed by atoms with Crippen molar-refractivity contribution in [3.05, 3.63) is 11.1 Å². The van der Waals surface area contributed by atoms with Crippen molar-refractivity contribution in [3.63, 3.8) is 0 Å². The van der Waals surface area contributed by atoms with E-state index in [0.29, 0.717) is 11.3 Å². The quantitative estimate of drug-likeness (QED) is 0.693. The molecule has 0 aromatic carbocycles. The maximum Gasteiger partial charge on any atom is 0.225 e. The topological polar surface area (TPSA) is 39.9 Å². The van der Waals surface area contributed by atoms with Crippen molar-refractivity contribution >= 4 is 11.6 Å². The third-order valence-corrected chi connectivity index (χ3v) is 2.58. The molecule has 0 N–H and O–H groups in total. The molecule has 0 radical (unpaired) electrons. The van der Waals surface area contributed by atoms with Gasteiger partial charge in [-0.2, -0.15) is 0 Å². The predicted octanol–water partition coefficient (Wildman–Crippen LogP) is 1.59. The van der Waals surface area contributed by atoms with Crippen molar-refractivity contribution in [1.82, 2.24) is 14.8 Å². The number of rotatable bonds is 1. The summed E-state index contributed by atoms with van der Waals surface area (Å²) in [6.45, 7) is 3.49. The Morgan fingerprint density at radius 1 is 1.54 bits per heavy atom. The minimum atomic E-state index is 0.316. The largest absolute Gasteiger partial charge is 0.379 e. The van der Waals surface area contributed by atoms with Crippen LogP contribution in [0.5, 0.6) is 0 Å². The number of nitrogens with zero attached hydrogens (tertiary/aromatic N) is 3. The Labute approximate surface area is 81.9 Å². The molecule has 1 aromatic rings. The molecule has 1 aliphatic rings. The highest BCUT2D eigenvalue weighted by Crippen LogP contribution is 2.23. The first-order chi connectivity index (χ1) is 6.29. The standard InChI is InChI=1S/C8H12ClN3O/c1-6-10-11-8(9)12(6)7-3-2-4-13-5-7/h7H,2-5H2,1H3. The van der Waals surface area contributed by atoms with Crippen LogP contribution < -0.4 is 0 Å². The van der Waals surface area contributed by atoms with E-state index < -0.39 is 0 Å². The molecular formula is C8H12ClN3O. The van der Waals surface area contributed by atoms with Crippen molar-refractivity contribution < 1.29 is 4.74 Å². The molecule has 0 amide bonds. The fourth-order valence-corrected chi connectivity index (χ4v) is 1.98. The molecule has 0 aliphatic carbocycles. The number of aryl methyl sites for hydroxylation is 1. The molecule has 72 valence electrons. The Morgan fingerprint density at radius 3 is 2.92 bits per heavy atom. The lowest BCUT2D eigenvalue weighted by atomic mass is 10.1. The third kappa shape index (κ3) is 1.69. The van der Waals surface area contributed by atoms with Crippen LogP contribution in [0.2, 0.25) is 5.28 Å². The van der Waals surface area contributed by atoms with Gasteiger partial charge in [0.05, 0.1) is 12.6 Å². The van der Waals surface area contributed by atoms with Crippen LogP contribution in [0.4, 0.5) is 0 Å². The van der Waals surface area contributed by atoms with Crippen LogP contribution in [0.1, 0.15) is 24.7 Å². The van der Waals surface area contributed by atoms with E-state index >= 15 is 0 Å². The number of ether oxygens (including phenoxy) is 1. The molecule has 5 heteroatoms. The molecule has 2 heterocycles. The zero-order valence-electron chi connectivity index (χ0n) is 7.53. The first-order valence-corrected chi connectivity index (χ1v) is 4.81. The van der Waals surface area contributed by atoms with Gasteiger partial charge in [0.25, 0.3) is 0 Å². The minimum Gasteiger partial charge on any atom is -0.379 e. The molecule has 13 heavy (non-hydrogen) atoms. The van der Waals surface area contributed by atoms with Gasteiger partial charge >= 0.3 is 0 Å². The van der Waals surface area contributed by atoms with Crippen molar-refractivity contribution in [2.75, 3.05) is 13.2 Å². The molecule has 1 atom stereocenters. The minimum absolute atomic E-state index is 0.316. The predicted molar refractivity (Wildman–Crippen MR) is 48.9 cm³/mol. The molecule has 1 fully saturated rings. The number of aromatic nitrogens is 3. The highest BCUT2D eigenvalue weighted by molar-refractivity contribution is 6.28. The summed E-state index contributed by atoms with van der Waals surface area (Å²) in [5.74, 6) is 0.862. The maximum atomic E-state index is 5.91. The smallest absolute Gasteiger partial charge is 0.225 e. The molecule has 0 saturated carbocycles. The molecular weight excluding hydrogens is 190 g/mol. The van der Waals surface area contributed by atoms with E-state index in [1.807, 2.05) is 11.5 Å². The van der Waals surface area contributed by atoms with Crippen molar-refractivity contribution in [2.45, 2.75) is 25.8 Å². The summed E-state index contributed by atoms with van der Waals surface area (Å²) in [5.41, 5.74) is 0. The molecule has 2 rings (SSSR count). The summed E-state index contributed by atoms with van der Waals surface area (Å²) in [7, 11) is 0. The second-order valence-electron chi connectivity index (χ2n) is 3.26. The van der Waals surface area contributed by atoms with E-state index in [1.165, 1.54) is 0 Å². The van der Waals surface area contributed by atoms with Crippen molar-refractivity contribution in [3.8, 4) is 0 Å². The van der Waals surface area contributed by atoms with Gasteiger partial charge in [0.15, 0.2) is 0 Å². The molecule has 4 nitrogen and oxygen atoms in total. The lowest BCUT2D eigenvalue weighted by molar-refractivity contribution is 0.0584. The van der Waals surface area contributed by atoms with Crippen LogP contribution in [0.3, 0.4) is 0 Å². The van der Waals surface area contributed by atoms with E-state index in [-0.39, 0.29) is 0 Å². The van der Waals surface area contributed by atoms with Gasteiger partial charge in [-0.15, -0.1) is 10.2 Å². The zero-order valence-corrected chi connectivity index (χ0v) is 8.29. The highest BCUT2D eigenvalue weighted by Gasteiger charge is 2.20. The van der Waals surface area contributed by atoms with Crippen LogP contribution in [-0.2, 0) is 4.74 Å². The fourth-order valence-electron chi connectivity index (χ4n) is 1.69. The molecule has 1 aromatic heterocycles. The second kappa shape index (κ2) is 3.64. The Balaban J connectivity index is 2.22. The Morgan fingerprint density at radius 2 is 2.38 bits per heavy atom. The maximum absolute atomic E-state index is 5.91. The van der Waals surface area contributed by atoms with Gasteiger partial charge in [0.1, 0.15) is 5.82 Å². The fraction of sp³-hybridized carbons (Fsp3) is 0.750. The van der Waals surface area contributed by atoms with Crippen LogP contribution >= 0.6 is 11.6 Å². The van der Waals surface area contributed by atoms with E-state index in [2.05, 4.69) is 10.2 Å². The van der Waals surface area contributed by atoms with E-state index in [4.69, 9.17) is 16.3 Å². The first-order valence-electron chi connectivity index (χ1n) is 4.44. The normalized spacial score (nSPS) is 23.4. The van der Waals surface area contributed by atoms with Gasteiger partial charge in [-0.05, 0) is 31.4 Å². The average Bonchev–Trinajstić information content (AvgIpc) is 2.48. The van der Waals surface area contributed by atoms with Gasteiger partial charge in [0.2, 0.25) is 5.28 Å². The van der Waals surface area contributed by atoms with Gasteiger partial charge in [-0.3, -0.25) is 4.57 Å². The summed E-state index contributed by atoms with van der Waals surface area (Å²) >= 11 is 5.91. The summed E-state index contributed by atoms with van der Waals surface area (Å²) in [5, 5.41) is 8.20. The van der Waals surface area contributed by atoms with Gasteiger partial charge in [-0.25, -0.2) is 0 Å². The molecule has 0 bridgehead atoms. The summed E-state index contributed by atoms with van der Waals surface area (Å²) in [6, 6.07) is 0.316. The van der Waals surface area contributed by atoms with E-state index in [1.54, 1.807) is 0 Å². The van der Waals surface area contributed by atoms with Gasteiger partial charge < -0.3 is 4.74 Å². The van der Waals surface area contributed by atoms with Gasteiger partial charge in [0, 0.05) is 6.61 Å². The van der Waals surface area contributed by atoms with Crippen molar-refractivity contribution in [1.29, 1.82) is 0 Å². The lowest BCUT2D eigenvalue weighted by Crippen LogP contribution is -2.22. The molecule has 1 unspecified atom stereocenters.